The first kappa shape index (κ1) is 19.0. The average Bonchev–Trinajstić information content (AvgIpc) is 2.91. The largest absolute Gasteiger partial charge is 0.335 e. The van der Waals surface area contributed by atoms with Gasteiger partial charge in [-0.3, -0.25) is 9.36 Å². The molecule has 7 nitrogen and oxygen atoms in total. The molecule has 0 saturated heterocycles. The molecule has 1 atom stereocenters. The Balaban J connectivity index is 2.03. The summed E-state index contributed by atoms with van der Waals surface area (Å²) in [5.41, 5.74) is 5.92. The highest BCUT2D eigenvalue weighted by molar-refractivity contribution is 5.90. The van der Waals surface area contributed by atoms with Gasteiger partial charge in [0.1, 0.15) is 0 Å². The molecule has 0 radical (unpaired) electrons. The Bertz CT molecular complexity index is 771. The van der Waals surface area contributed by atoms with Crippen LogP contribution in [0.25, 0.3) is 0 Å². The van der Waals surface area contributed by atoms with Crippen molar-refractivity contribution in [1.29, 1.82) is 0 Å². The summed E-state index contributed by atoms with van der Waals surface area (Å²) < 4.78 is 3.81. The number of hydrogen-bond donors (Lipinski definition) is 2. The number of carbonyl (C=O) groups is 1. The monoisotopic (exact) mass is 346 g/mol. The fourth-order valence-electron chi connectivity index (χ4n) is 3.19. The molecule has 0 aliphatic heterocycles. The first-order chi connectivity index (χ1) is 11.6. The minimum absolute atomic E-state index is 0.00218. The van der Waals surface area contributed by atoms with Gasteiger partial charge in [-0.15, -0.1) is 0 Å². The number of anilines is 1. The van der Waals surface area contributed by atoms with Crippen LogP contribution in [0.5, 0.6) is 0 Å². The van der Waals surface area contributed by atoms with Crippen LogP contribution in [0.15, 0.2) is 0 Å². The highest BCUT2D eigenvalue weighted by Gasteiger charge is 2.18. The quantitative estimate of drug-likeness (QED) is 0.873. The first-order valence-electron chi connectivity index (χ1n) is 8.74. The van der Waals surface area contributed by atoms with Gasteiger partial charge >= 0.3 is 6.03 Å². The predicted octanol–water partition coefficient (Wildman–Crippen LogP) is 3.18. The van der Waals surface area contributed by atoms with Crippen LogP contribution >= 0.6 is 0 Å². The van der Waals surface area contributed by atoms with Crippen LogP contribution in [0.3, 0.4) is 0 Å². The topological polar surface area (TPSA) is 76.8 Å². The highest BCUT2D eigenvalue weighted by Crippen LogP contribution is 2.22. The van der Waals surface area contributed by atoms with Crippen molar-refractivity contribution in [2.75, 3.05) is 5.32 Å². The fraction of sp³-hybridized carbons (Fsp3) is 0.611. The minimum Gasteiger partial charge on any atom is -0.335 e. The second-order valence-corrected chi connectivity index (χ2v) is 7.06. The zero-order valence-electron chi connectivity index (χ0n) is 16.6. The number of aromatic nitrogens is 4. The number of amides is 2. The molecule has 2 aromatic heterocycles. The van der Waals surface area contributed by atoms with Gasteiger partial charge in [-0.2, -0.15) is 10.2 Å². The van der Waals surface area contributed by atoms with Crippen molar-refractivity contribution < 1.29 is 4.79 Å². The van der Waals surface area contributed by atoms with Crippen molar-refractivity contribution in [3.8, 4) is 0 Å². The molecule has 0 saturated carbocycles. The Morgan fingerprint density at radius 1 is 1.04 bits per heavy atom. The minimum atomic E-state index is -0.207. The number of hydrogen-bond acceptors (Lipinski definition) is 3. The molecule has 0 aromatic carbocycles. The molecule has 2 aromatic rings. The van der Waals surface area contributed by atoms with Gasteiger partial charge in [0, 0.05) is 24.8 Å². The molecule has 2 N–H and O–H groups in total. The van der Waals surface area contributed by atoms with Crippen LogP contribution in [0.2, 0.25) is 0 Å². The molecule has 1 unspecified atom stereocenters. The van der Waals surface area contributed by atoms with Crippen molar-refractivity contribution in [2.45, 2.75) is 67.0 Å². The fourth-order valence-corrected chi connectivity index (χ4v) is 3.19. The second kappa shape index (κ2) is 7.29. The molecular weight excluding hydrogens is 316 g/mol. The Hall–Kier alpha value is -2.31. The van der Waals surface area contributed by atoms with E-state index in [0.29, 0.717) is 0 Å². The Morgan fingerprint density at radius 3 is 2.16 bits per heavy atom. The molecule has 25 heavy (non-hydrogen) atoms. The number of carbonyl (C=O) groups excluding carboxylic acids is 1. The van der Waals surface area contributed by atoms with E-state index >= 15 is 0 Å². The summed E-state index contributed by atoms with van der Waals surface area (Å²) in [6, 6.07) is 0.0522. The highest BCUT2D eigenvalue weighted by atomic mass is 16.2. The molecule has 2 amide bonds. The zero-order chi connectivity index (χ0) is 18.9. The summed E-state index contributed by atoms with van der Waals surface area (Å²) in [5.74, 6) is 0. The lowest BCUT2D eigenvalue weighted by Crippen LogP contribution is -2.37. The molecule has 7 heteroatoms. The standard InChI is InChI=1S/C18H30N6O/c1-10(2)24-15(7)17(13(5)22-24)20-18(25)19-11(3)9-16-12(4)21-23(8)14(16)6/h10-11H,9H2,1-8H3,(H2,19,20,25). The van der Waals surface area contributed by atoms with Gasteiger partial charge in [-0.1, -0.05) is 0 Å². The summed E-state index contributed by atoms with van der Waals surface area (Å²) >= 11 is 0. The van der Waals surface area contributed by atoms with Crippen LogP contribution < -0.4 is 10.6 Å². The maximum Gasteiger partial charge on any atom is 0.319 e. The summed E-state index contributed by atoms with van der Waals surface area (Å²) in [6.07, 6.45) is 0.752. The van der Waals surface area contributed by atoms with Crippen molar-refractivity contribution >= 4 is 11.7 Å². The second-order valence-electron chi connectivity index (χ2n) is 7.06. The van der Waals surface area contributed by atoms with E-state index in [1.54, 1.807) is 0 Å². The van der Waals surface area contributed by atoms with E-state index in [4.69, 9.17) is 0 Å². The molecule has 0 bridgehead atoms. The Kier molecular flexibility index (Phi) is 5.55. The van der Waals surface area contributed by atoms with Crippen molar-refractivity contribution in [1.82, 2.24) is 24.9 Å². The maximum atomic E-state index is 12.4. The molecule has 0 aliphatic rings. The SMILES string of the molecule is Cc1nn(C)c(C)c1CC(C)NC(=O)Nc1c(C)nn(C(C)C)c1C. The van der Waals surface area contributed by atoms with Gasteiger partial charge in [0.25, 0.3) is 0 Å². The summed E-state index contributed by atoms with van der Waals surface area (Å²) in [6.45, 7) is 14.1. The van der Waals surface area contributed by atoms with Gasteiger partial charge in [0.2, 0.25) is 0 Å². The van der Waals surface area contributed by atoms with Crippen LogP contribution in [0, 0.1) is 27.7 Å². The molecule has 138 valence electrons. The van der Waals surface area contributed by atoms with Gasteiger partial charge in [0.15, 0.2) is 0 Å². The number of aryl methyl sites for hydroxylation is 3. The van der Waals surface area contributed by atoms with Crippen molar-refractivity contribution in [3.63, 3.8) is 0 Å². The molecular formula is C18H30N6O. The van der Waals surface area contributed by atoms with E-state index in [0.717, 1.165) is 34.9 Å². The average molecular weight is 346 g/mol. The molecule has 2 rings (SSSR count). The van der Waals surface area contributed by atoms with E-state index in [1.807, 2.05) is 44.1 Å². The summed E-state index contributed by atoms with van der Waals surface area (Å²) in [5, 5.41) is 14.9. The van der Waals surface area contributed by atoms with Gasteiger partial charge in [-0.05, 0) is 60.5 Å². The van der Waals surface area contributed by atoms with E-state index < -0.39 is 0 Å². The third-order valence-electron chi connectivity index (χ3n) is 4.60. The number of rotatable bonds is 5. The maximum absolute atomic E-state index is 12.4. The van der Waals surface area contributed by atoms with Crippen molar-refractivity contribution in [3.05, 3.63) is 28.3 Å². The summed E-state index contributed by atoms with van der Waals surface area (Å²) in [7, 11) is 1.94. The smallest absolute Gasteiger partial charge is 0.319 e. The summed E-state index contributed by atoms with van der Waals surface area (Å²) in [4.78, 5) is 12.4. The Labute approximate surface area is 149 Å². The molecule has 0 aliphatic carbocycles. The van der Waals surface area contributed by atoms with Crippen LogP contribution in [-0.2, 0) is 13.5 Å². The third-order valence-corrected chi connectivity index (χ3v) is 4.60. The number of nitrogens with one attached hydrogen (secondary N) is 2. The zero-order valence-corrected chi connectivity index (χ0v) is 16.6. The lowest BCUT2D eigenvalue weighted by atomic mass is 10.1. The van der Waals surface area contributed by atoms with Gasteiger partial charge in [-0.25, -0.2) is 4.79 Å². The molecule has 0 fully saturated rings. The molecule has 0 spiro atoms. The van der Waals surface area contributed by atoms with Crippen molar-refractivity contribution in [2.24, 2.45) is 7.05 Å². The van der Waals surface area contributed by atoms with E-state index in [2.05, 4.69) is 41.6 Å². The van der Waals surface area contributed by atoms with E-state index in [-0.39, 0.29) is 18.1 Å². The first-order valence-corrected chi connectivity index (χ1v) is 8.74. The van der Waals surface area contributed by atoms with E-state index in [1.165, 1.54) is 5.56 Å². The predicted molar refractivity (Wildman–Crippen MR) is 100 cm³/mol. The number of urea groups is 1. The van der Waals surface area contributed by atoms with Crippen LogP contribution in [0.1, 0.15) is 55.2 Å². The lowest BCUT2D eigenvalue weighted by Gasteiger charge is -2.15. The van der Waals surface area contributed by atoms with Crippen LogP contribution in [0.4, 0.5) is 10.5 Å². The number of nitrogens with zero attached hydrogens (tertiary/aromatic N) is 4. The van der Waals surface area contributed by atoms with Gasteiger partial charge < -0.3 is 10.6 Å². The normalized spacial score (nSPS) is 12.5. The lowest BCUT2D eigenvalue weighted by molar-refractivity contribution is 0.249. The Morgan fingerprint density at radius 2 is 1.68 bits per heavy atom. The van der Waals surface area contributed by atoms with E-state index in [9.17, 15) is 4.79 Å². The van der Waals surface area contributed by atoms with Crippen LogP contribution in [-0.4, -0.2) is 31.6 Å². The third kappa shape index (κ3) is 4.03. The molecule has 2 heterocycles. The van der Waals surface area contributed by atoms with Gasteiger partial charge in [0.05, 0.1) is 22.8 Å².